The van der Waals surface area contributed by atoms with Gasteiger partial charge in [0, 0.05) is 6.04 Å². The lowest BCUT2D eigenvalue weighted by molar-refractivity contribution is -0.143. The van der Waals surface area contributed by atoms with Gasteiger partial charge in [0.05, 0.1) is 0 Å². The van der Waals surface area contributed by atoms with Crippen molar-refractivity contribution in [2.24, 2.45) is 5.84 Å². The molecule has 0 atom stereocenters. The minimum Gasteiger partial charge on any atom is -0.336 e. The van der Waals surface area contributed by atoms with Gasteiger partial charge in [0.15, 0.2) is 5.11 Å². The van der Waals surface area contributed by atoms with Crippen LogP contribution in [0.25, 0.3) is 0 Å². The first-order valence-electron chi connectivity index (χ1n) is 4.28. The van der Waals surface area contributed by atoms with Crippen LogP contribution in [0.1, 0.15) is 19.3 Å². The molecule has 0 saturated heterocycles. The summed E-state index contributed by atoms with van der Waals surface area (Å²) in [7, 11) is 0. The lowest BCUT2D eigenvalue weighted by Crippen LogP contribution is -2.53. The second-order valence-electron chi connectivity index (χ2n) is 3.28. The van der Waals surface area contributed by atoms with Crippen LogP contribution in [0.15, 0.2) is 0 Å². The van der Waals surface area contributed by atoms with Gasteiger partial charge in [0.25, 0.3) is 0 Å². The largest absolute Gasteiger partial charge is 0.406 e. The summed E-state index contributed by atoms with van der Waals surface area (Å²) in [6, 6.07) is -0.111. The molecule has 0 unspecified atom stereocenters. The molecule has 1 rings (SSSR count). The zero-order chi connectivity index (χ0) is 10.8. The number of hydrogen-bond acceptors (Lipinski definition) is 2. The van der Waals surface area contributed by atoms with Crippen LogP contribution in [-0.2, 0) is 0 Å². The van der Waals surface area contributed by atoms with E-state index >= 15 is 0 Å². The average molecular weight is 227 g/mol. The van der Waals surface area contributed by atoms with E-state index in [0.29, 0.717) is 0 Å². The molecule has 3 nitrogen and oxygen atoms in total. The SMILES string of the molecule is NNC(=S)N(CC(F)(F)F)C1CCC1. The Hall–Kier alpha value is -0.560. The fourth-order valence-electron chi connectivity index (χ4n) is 1.34. The maximum Gasteiger partial charge on any atom is 0.406 e. The highest BCUT2D eigenvalue weighted by Crippen LogP contribution is 2.28. The van der Waals surface area contributed by atoms with Crippen LogP contribution >= 0.6 is 12.2 Å². The molecule has 0 bridgehead atoms. The molecule has 1 saturated carbocycles. The first-order valence-corrected chi connectivity index (χ1v) is 4.69. The first kappa shape index (κ1) is 11.5. The number of hydrazine groups is 1. The fourth-order valence-corrected chi connectivity index (χ4v) is 1.55. The zero-order valence-corrected chi connectivity index (χ0v) is 8.29. The van der Waals surface area contributed by atoms with E-state index in [9.17, 15) is 13.2 Å². The number of alkyl halides is 3. The van der Waals surface area contributed by atoms with E-state index in [-0.39, 0.29) is 11.2 Å². The van der Waals surface area contributed by atoms with Crippen LogP contribution in [0.4, 0.5) is 13.2 Å². The standard InChI is InChI=1S/C7H12F3N3S/c8-7(9,10)4-13(6(14)12-11)5-2-1-3-5/h5H,1-4,11H2,(H,12,14). The van der Waals surface area contributed by atoms with Crippen LogP contribution < -0.4 is 11.3 Å². The van der Waals surface area contributed by atoms with Gasteiger partial charge in [-0.15, -0.1) is 0 Å². The molecule has 0 aliphatic heterocycles. The van der Waals surface area contributed by atoms with E-state index in [0.717, 1.165) is 24.2 Å². The summed E-state index contributed by atoms with van der Waals surface area (Å²) in [5.41, 5.74) is 2.09. The molecule has 3 N–H and O–H groups in total. The van der Waals surface area contributed by atoms with Crippen molar-refractivity contribution in [2.45, 2.75) is 31.5 Å². The molecule has 0 aromatic heterocycles. The van der Waals surface area contributed by atoms with Gasteiger partial charge in [-0.1, -0.05) is 0 Å². The minimum atomic E-state index is -4.24. The Morgan fingerprint density at radius 2 is 2.07 bits per heavy atom. The summed E-state index contributed by atoms with van der Waals surface area (Å²) >= 11 is 4.71. The third kappa shape index (κ3) is 2.98. The van der Waals surface area contributed by atoms with E-state index in [1.54, 1.807) is 0 Å². The highest BCUT2D eigenvalue weighted by Gasteiger charge is 2.36. The molecule has 0 radical (unpaired) electrons. The topological polar surface area (TPSA) is 41.3 Å². The molecule has 1 fully saturated rings. The Morgan fingerprint density at radius 1 is 1.50 bits per heavy atom. The number of hydrogen-bond donors (Lipinski definition) is 2. The van der Waals surface area contributed by atoms with Gasteiger partial charge in [0.2, 0.25) is 0 Å². The maximum absolute atomic E-state index is 12.2. The molecular weight excluding hydrogens is 215 g/mol. The smallest absolute Gasteiger partial charge is 0.336 e. The Balaban J connectivity index is 2.57. The van der Waals surface area contributed by atoms with E-state index in [1.807, 2.05) is 0 Å². The van der Waals surface area contributed by atoms with E-state index in [2.05, 4.69) is 5.43 Å². The van der Waals surface area contributed by atoms with Gasteiger partial charge in [-0.3, -0.25) is 0 Å². The number of rotatable bonds is 2. The van der Waals surface area contributed by atoms with Crippen molar-refractivity contribution >= 4 is 17.3 Å². The Bertz CT molecular complexity index is 215. The molecule has 1 aliphatic rings. The van der Waals surface area contributed by atoms with Crippen molar-refractivity contribution in [1.82, 2.24) is 10.3 Å². The summed E-state index contributed by atoms with van der Waals surface area (Å²) in [5.74, 6) is 5.01. The predicted octanol–water partition coefficient (Wildman–Crippen LogP) is 1.15. The molecule has 0 spiro atoms. The Kier molecular flexibility index (Phi) is 3.54. The normalized spacial score (nSPS) is 17.4. The number of nitrogens with zero attached hydrogens (tertiary/aromatic N) is 1. The van der Waals surface area contributed by atoms with Crippen LogP contribution in [0.2, 0.25) is 0 Å². The van der Waals surface area contributed by atoms with Gasteiger partial charge in [-0.05, 0) is 31.5 Å². The molecule has 0 aromatic rings. The molecular formula is C7H12F3N3S. The van der Waals surface area contributed by atoms with Gasteiger partial charge in [-0.2, -0.15) is 13.2 Å². The second-order valence-corrected chi connectivity index (χ2v) is 3.66. The van der Waals surface area contributed by atoms with Crippen molar-refractivity contribution in [3.63, 3.8) is 0 Å². The number of nitrogens with two attached hydrogens (primary N) is 1. The zero-order valence-electron chi connectivity index (χ0n) is 7.47. The molecule has 0 aromatic carbocycles. The quantitative estimate of drug-likeness (QED) is 0.422. The van der Waals surface area contributed by atoms with Gasteiger partial charge in [-0.25, -0.2) is 5.84 Å². The maximum atomic E-state index is 12.2. The summed E-state index contributed by atoms with van der Waals surface area (Å²) in [6.07, 6.45) is -1.79. The first-order chi connectivity index (χ1) is 6.44. The van der Waals surface area contributed by atoms with E-state index < -0.39 is 12.7 Å². The third-order valence-electron chi connectivity index (χ3n) is 2.25. The number of halogens is 3. The van der Waals surface area contributed by atoms with E-state index in [4.69, 9.17) is 18.1 Å². The van der Waals surface area contributed by atoms with Crippen molar-refractivity contribution < 1.29 is 13.2 Å². The summed E-state index contributed by atoms with van der Waals surface area (Å²) in [4.78, 5) is 1.11. The van der Waals surface area contributed by atoms with Crippen molar-refractivity contribution in [3.05, 3.63) is 0 Å². The summed E-state index contributed by atoms with van der Waals surface area (Å²) in [5, 5.41) is -0.0352. The molecule has 82 valence electrons. The molecule has 0 amide bonds. The third-order valence-corrected chi connectivity index (χ3v) is 2.60. The fraction of sp³-hybridized carbons (Fsp3) is 0.857. The average Bonchev–Trinajstić information content (AvgIpc) is 1.96. The van der Waals surface area contributed by atoms with Gasteiger partial charge in [0.1, 0.15) is 6.54 Å². The van der Waals surface area contributed by atoms with Crippen molar-refractivity contribution in [2.75, 3.05) is 6.54 Å². The van der Waals surface area contributed by atoms with Crippen molar-refractivity contribution in [1.29, 1.82) is 0 Å². The Labute approximate surface area is 85.4 Å². The lowest BCUT2D eigenvalue weighted by atomic mass is 9.92. The molecule has 7 heteroatoms. The van der Waals surface area contributed by atoms with Crippen LogP contribution in [0.3, 0.4) is 0 Å². The highest BCUT2D eigenvalue weighted by atomic mass is 32.1. The minimum absolute atomic E-state index is 0.0352. The second kappa shape index (κ2) is 4.31. The van der Waals surface area contributed by atoms with Crippen LogP contribution in [-0.4, -0.2) is 28.8 Å². The Morgan fingerprint density at radius 3 is 2.36 bits per heavy atom. The molecule has 0 heterocycles. The monoisotopic (exact) mass is 227 g/mol. The summed E-state index contributed by atoms with van der Waals surface area (Å²) in [6.45, 7) is -1.03. The van der Waals surface area contributed by atoms with Gasteiger partial charge < -0.3 is 10.3 Å². The number of thiocarbonyl (C=S) groups is 1. The van der Waals surface area contributed by atoms with Crippen LogP contribution in [0, 0.1) is 0 Å². The van der Waals surface area contributed by atoms with E-state index in [1.165, 1.54) is 0 Å². The molecule has 14 heavy (non-hydrogen) atoms. The number of nitrogens with one attached hydrogen (secondary N) is 1. The van der Waals surface area contributed by atoms with Crippen molar-refractivity contribution in [3.8, 4) is 0 Å². The highest BCUT2D eigenvalue weighted by molar-refractivity contribution is 7.80. The lowest BCUT2D eigenvalue weighted by Gasteiger charge is -2.39. The predicted molar refractivity (Wildman–Crippen MR) is 50.3 cm³/mol. The van der Waals surface area contributed by atoms with Crippen LogP contribution in [0.5, 0.6) is 0 Å². The molecule has 1 aliphatic carbocycles. The summed E-state index contributed by atoms with van der Waals surface area (Å²) < 4.78 is 36.5. The van der Waals surface area contributed by atoms with Gasteiger partial charge >= 0.3 is 6.18 Å².